The molecule has 1 saturated heterocycles. The second-order valence-corrected chi connectivity index (χ2v) is 8.88. The summed E-state index contributed by atoms with van der Waals surface area (Å²) in [6.45, 7) is 2.43. The Hall–Kier alpha value is -2.73. The van der Waals surface area contributed by atoms with E-state index in [2.05, 4.69) is 11.9 Å². The highest BCUT2D eigenvalue weighted by Gasteiger charge is 2.55. The Morgan fingerprint density at radius 1 is 1.20 bits per heavy atom. The van der Waals surface area contributed by atoms with Crippen molar-refractivity contribution in [2.45, 2.75) is 43.7 Å². The van der Waals surface area contributed by atoms with Crippen LogP contribution in [0.15, 0.2) is 36.4 Å². The van der Waals surface area contributed by atoms with E-state index in [1.54, 1.807) is 7.11 Å². The Morgan fingerprint density at radius 2 is 1.97 bits per heavy atom. The molecule has 1 aliphatic carbocycles. The van der Waals surface area contributed by atoms with Crippen molar-refractivity contribution in [3.8, 4) is 11.5 Å². The Balaban J connectivity index is 1.54. The molecule has 6 nitrogen and oxygen atoms in total. The third-order valence-corrected chi connectivity index (χ3v) is 6.89. The molecular formula is C24H29N3O3. The van der Waals surface area contributed by atoms with Crippen molar-refractivity contribution in [3.05, 3.63) is 47.5 Å². The topological polar surface area (TPSA) is 68.0 Å². The molecule has 0 bridgehead atoms. The fourth-order valence-corrected chi connectivity index (χ4v) is 5.09. The molecule has 1 unspecified atom stereocenters. The predicted molar refractivity (Wildman–Crippen MR) is 117 cm³/mol. The number of methoxy groups -OCH3 is 1. The van der Waals surface area contributed by atoms with Crippen molar-refractivity contribution in [3.63, 3.8) is 0 Å². The maximum Gasteiger partial charge on any atom is 0.238 e. The van der Waals surface area contributed by atoms with Crippen LogP contribution in [0.5, 0.6) is 11.5 Å². The number of carbonyl (C=O) groups excluding carboxylic acids is 1. The number of nitrogen functional groups attached to an aromatic ring is 1. The monoisotopic (exact) mass is 407 g/mol. The van der Waals surface area contributed by atoms with Crippen molar-refractivity contribution in [2.75, 3.05) is 37.9 Å². The van der Waals surface area contributed by atoms with Gasteiger partial charge in [-0.25, -0.2) is 0 Å². The van der Waals surface area contributed by atoms with Gasteiger partial charge in [0.05, 0.1) is 24.8 Å². The van der Waals surface area contributed by atoms with Crippen LogP contribution in [0.25, 0.3) is 0 Å². The van der Waals surface area contributed by atoms with Crippen LogP contribution in [0.1, 0.15) is 36.8 Å². The van der Waals surface area contributed by atoms with Gasteiger partial charge in [-0.1, -0.05) is 18.6 Å². The summed E-state index contributed by atoms with van der Waals surface area (Å²) in [5.74, 6) is 1.74. The number of fused-ring (bicyclic) bond motifs is 2. The number of nitrogens with two attached hydrogens (primary N) is 1. The zero-order valence-corrected chi connectivity index (χ0v) is 17.7. The summed E-state index contributed by atoms with van der Waals surface area (Å²) in [6, 6.07) is 11.8. The van der Waals surface area contributed by atoms with Gasteiger partial charge >= 0.3 is 0 Å². The zero-order chi connectivity index (χ0) is 20.9. The maximum absolute atomic E-state index is 13.6. The van der Waals surface area contributed by atoms with E-state index >= 15 is 0 Å². The first-order chi connectivity index (χ1) is 14.5. The number of hydrogen-bond donors (Lipinski definition) is 1. The van der Waals surface area contributed by atoms with Crippen LogP contribution in [0.2, 0.25) is 0 Å². The van der Waals surface area contributed by atoms with Gasteiger partial charge in [-0.3, -0.25) is 4.79 Å². The summed E-state index contributed by atoms with van der Waals surface area (Å²) >= 11 is 0. The third-order valence-electron chi connectivity index (χ3n) is 6.89. The molecule has 158 valence electrons. The fourth-order valence-electron chi connectivity index (χ4n) is 5.09. The quantitative estimate of drug-likeness (QED) is 0.770. The van der Waals surface area contributed by atoms with E-state index in [1.165, 1.54) is 0 Å². The molecule has 1 spiro atoms. The van der Waals surface area contributed by atoms with Gasteiger partial charge in [0.15, 0.2) is 0 Å². The third kappa shape index (κ3) is 3.01. The molecule has 5 rings (SSSR count). The summed E-state index contributed by atoms with van der Waals surface area (Å²) in [4.78, 5) is 17.8. The first kappa shape index (κ1) is 19.2. The molecule has 2 aromatic carbocycles. The smallest absolute Gasteiger partial charge is 0.238 e. The highest BCUT2D eigenvalue weighted by atomic mass is 16.5. The summed E-state index contributed by atoms with van der Waals surface area (Å²) in [5.41, 5.74) is 9.54. The van der Waals surface area contributed by atoms with E-state index in [4.69, 9.17) is 15.2 Å². The summed E-state index contributed by atoms with van der Waals surface area (Å²) in [6.07, 6.45) is 3.94. The van der Waals surface area contributed by atoms with E-state index in [0.29, 0.717) is 12.2 Å². The average Bonchev–Trinajstić information content (AvgIpc) is 3.21. The SMILES string of the molecule is COc1ccc(CN2C(=O)C3(CCC3)c3cc(N)cc(OC4CCN(C)C4)c32)cc1. The highest BCUT2D eigenvalue weighted by Crippen LogP contribution is 2.57. The van der Waals surface area contributed by atoms with Crippen LogP contribution in [-0.2, 0) is 16.8 Å². The van der Waals surface area contributed by atoms with Crippen LogP contribution in [0, 0.1) is 0 Å². The lowest BCUT2D eigenvalue weighted by Gasteiger charge is -2.37. The van der Waals surface area contributed by atoms with Crippen LogP contribution < -0.4 is 20.1 Å². The standard InChI is InChI=1S/C24H29N3O3/c1-26-11-8-19(15-26)30-21-13-17(25)12-20-22(21)27(23(28)24(20)9-3-10-24)14-16-4-6-18(29-2)7-5-16/h4-7,12-13,19H,3,8-11,14-15,25H2,1-2H3. The van der Waals surface area contributed by atoms with Crippen molar-refractivity contribution in [1.82, 2.24) is 4.90 Å². The number of anilines is 2. The number of ether oxygens (including phenoxy) is 2. The molecule has 2 heterocycles. The average molecular weight is 408 g/mol. The number of likely N-dealkylation sites (N-methyl/N-ethyl adjacent to an activating group) is 1. The molecule has 0 aromatic heterocycles. The predicted octanol–water partition coefficient (Wildman–Crippen LogP) is 3.33. The van der Waals surface area contributed by atoms with E-state index in [0.717, 1.165) is 67.1 Å². The molecule has 2 aliphatic heterocycles. The Kier molecular flexibility index (Phi) is 4.62. The highest BCUT2D eigenvalue weighted by molar-refractivity contribution is 6.10. The summed E-state index contributed by atoms with van der Waals surface area (Å²) in [5, 5.41) is 0. The van der Waals surface area contributed by atoms with Crippen LogP contribution >= 0.6 is 0 Å². The molecule has 1 atom stereocenters. The van der Waals surface area contributed by atoms with Gasteiger partial charge in [0.25, 0.3) is 0 Å². The van der Waals surface area contributed by atoms with Crippen molar-refractivity contribution >= 4 is 17.3 Å². The minimum atomic E-state index is -0.429. The fraction of sp³-hybridized carbons (Fsp3) is 0.458. The lowest BCUT2D eigenvalue weighted by atomic mass is 9.65. The lowest BCUT2D eigenvalue weighted by Crippen LogP contribution is -2.44. The van der Waals surface area contributed by atoms with Gasteiger partial charge in [-0.05, 0) is 55.6 Å². The van der Waals surface area contributed by atoms with Crippen LogP contribution in [0.3, 0.4) is 0 Å². The molecule has 1 amide bonds. The summed E-state index contributed by atoms with van der Waals surface area (Å²) < 4.78 is 11.7. The van der Waals surface area contributed by atoms with Gasteiger partial charge in [0.1, 0.15) is 17.6 Å². The molecule has 2 aromatic rings. The van der Waals surface area contributed by atoms with Gasteiger partial charge in [-0.2, -0.15) is 0 Å². The van der Waals surface area contributed by atoms with Crippen molar-refractivity contribution in [1.29, 1.82) is 0 Å². The van der Waals surface area contributed by atoms with Gasteiger partial charge in [0, 0.05) is 24.8 Å². The largest absolute Gasteiger partial charge is 0.497 e. The Morgan fingerprint density at radius 3 is 2.57 bits per heavy atom. The lowest BCUT2D eigenvalue weighted by molar-refractivity contribution is -0.126. The number of benzene rings is 2. The van der Waals surface area contributed by atoms with Crippen molar-refractivity contribution in [2.24, 2.45) is 0 Å². The molecule has 0 radical (unpaired) electrons. The van der Waals surface area contributed by atoms with Crippen LogP contribution in [0.4, 0.5) is 11.4 Å². The summed E-state index contributed by atoms with van der Waals surface area (Å²) in [7, 11) is 3.76. The normalized spacial score (nSPS) is 22.3. The van der Waals surface area contributed by atoms with E-state index in [-0.39, 0.29) is 12.0 Å². The van der Waals surface area contributed by atoms with Gasteiger partial charge in [0.2, 0.25) is 5.91 Å². The number of likely N-dealkylation sites (tertiary alicyclic amines) is 1. The minimum Gasteiger partial charge on any atom is -0.497 e. The van der Waals surface area contributed by atoms with Crippen molar-refractivity contribution < 1.29 is 14.3 Å². The van der Waals surface area contributed by atoms with E-state index in [1.807, 2.05) is 41.3 Å². The Labute approximate surface area is 177 Å². The molecule has 1 saturated carbocycles. The van der Waals surface area contributed by atoms with Crippen LogP contribution in [-0.4, -0.2) is 44.2 Å². The zero-order valence-electron chi connectivity index (χ0n) is 17.7. The van der Waals surface area contributed by atoms with Gasteiger partial charge < -0.3 is 25.0 Å². The maximum atomic E-state index is 13.6. The number of hydrogen-bond acceptors (Lipinski definition) is 5. The molecule has 3 aliphatic rings. The number of nitrogens with zero attached hydrogens (tertiary/aromatic N) is 2. The first-order valence-electron chi connectivity index (χ1n) is 10.7. The molecule has 30 heavy (non-hydrogen) atoms. The minimum absolute atomic E-state index is 0.122. The van der Waals surface area contributed by atoms with Gasteiger partial charge in [-0.15, -0.1) is 0 Å². The number of rotatable bonds is 5. The Bertz CT molecular complexity index is 968. The molecule has 2 fully saturated rings. The van der Waals surface area contributed by atoms with E-state index in [9.17, 15) is 4.79 Å². The number of carbonyl (C=O) groups is 1. The molecule has 6 heteroatoms. The molecule has 2 N–H and O–H groups in total. The first-order valence-corrected chi connectivity index (χ1v) is 10.7. The second kappa shape index (κ2) is 7.20. The second-order valence-electron chi connectivity index (χ2n) is 8.88. The molecular weight excluding hydrogens is 378 g/mol. The number of amides is 1. The van der Waals surface area contributed by atoms with E-state index < -0.39 is 5.41 Å².